The SMILES string of the molecule is CN(C)C(=O)CCNc1nc2ccc(Br)cc2s1. The maximum absolute atomic E-state index is 11.4. The summed E-state index contributed by atoms with van der Waals surface area (Å²) in [5.74, 6) is 0.117. The molecule has 0 aliphatic carbocycles. The molecule has 0 saturated heterocycles. The summed E-state index contributed by atoms with van der Waals surface area (Å²) in [6.07, 6.45) is 0.479. The number of anilines is 1. The van der Waals surface area contributed by atoms with Gasteiger partial charge in [-0.1, -0.05) is 27.3 Å². The van der Waals surface area contributed by atoms with Gasteiger partial charge in [-0.3, -0.25) is 4.79 Å². The Kier molecular flexibility index (Phi) is 4.19. The average Bonchev–Trinajstić information content (AvgIpc) is 2.70. The first-order valence-corrected chi connectivity index (χ1v) is 7.17. The Bertz CT molecular complexity index is 567. The van der Waals surface area contributed by atoms with Crippen molar-refractivity contribution in [2.45, 2.75) is 6.42 Å². The molecule has 1 aromatic carbocycles. The van der Waals surface area contributed by atoms with Gasteiger partial charge in [0.05, 0.1) is 10.2 Å². The van der Waals surface area contributed by atoms with Crippen LogP contribution in [0.25, 0.3) is 10.2 Å². The van der Waals surface area contributed by atoms with Crippen LogP contribution in [0.2, 0.25) is 0 Å². The second kappa shape index (κ2) is 5.67. The van der Waals surface area contributed by atoms with Gasteiger partial charge in [-0.05, 0) is 18.2 Å². The normalized spacial score (nSPS) is 10.6. The van der Waals surface area contributed by atoms with Crippen molar-refractivity contribution in [2.75, 3.05) is 26.0 Å². The first-order valence-electron chi connectivity index (χ1n) is 5.56. The number of halogens is 1. The summed E-state index contributed by atoms with van der Waals surface area (Å²) < 4.78 is 2.18. The van der Waals surface area contributed by atoms with Gasteiger partial charge in [0, 0.05) is 31.5 Å². The van der Waals surface area contributed by atoms with Crippen LogP contribution in [-0.2, 0) is 4.79 Å². The largest absolute Gasteiger partial charge is 0.361 e. The summed E-state index contributed by atoms with van der Waals surface area (Å²) in [5, 5.41) is 4.04. The van der Waals surface area contributed by atoms with Gasteiger partial charge in [0.2, 0.25) is 5.91 Å². The predicted octanol–water partition coefficient (Wildman–Crippen LogP) is 2.95. The fraction of sp³-hybridized carbons (Fsp3) is 0.333. The lowest BCUT2D eigenvalue weighted by atomic mass is 10.3. The van der Waals surface area contributed by atoms with Gasteiger partial charge < -0.3 is 10.2 Å². The molecule has 1 N–H and O–H groups in total. The number of carbonyl (C=O) groups is 1. The summed E-state index contributed by atoms with van der Waals surface area (Å²) in [7, 11) is 3.52. The van der Waals surface area contributed by atoms with E-state index >= 15 is 0 Å². The number of hydrogen-bond donors (Lipinski definition) is 1. The van der Waals surface area contributed by atoms with Gasteiger partial charge in [-0.25, -0.2) is 4.98 Å². The molecule has 1 heterocycles. The monoisotopic (exact) mass is 327 g/mol. The Morgan fingerprint density at radius 3 is 3.00 bits per heavy atom. The third-order valence-electron chi connectivity index (χ3n) is 2.46. The predicted molar refractivity (Wildman–Crippen MR) is 79.1 cm³/mol. The van der Waals surface area contributed by atoms with Crippen molar-refractivity contribution in [3.05, 3.63) is 22.7 Å². The number of benzene rings is 1. The van der Waals surface area contributed by atoms with Crippen LogP contribution in [0, 0.1) is 0 Å². The third kappa shape index (κ3) is 3.20. The first-order chi connectivity index (χ1) is 8.56. The number of amides is 1. The van der Waals surface area contributed by atoms with E-state index in [0.717, 1.165) is 19.8 Å². The lowest BCUT2D eigenvalue weighted by Crippen LogP contribution is -2.23. The molecule has 4 nitrogen and oxygen atoms in total. The number of nitrogens with one attached hydrogen (secondary N) is 1. The Morgan fingerprint density at radius 2 is 2.28 bits per heavy atom. The Morgan fingerprint density at radius 1 is 1.50 bits per heavy atom. The molecule has 0 spiro atoms. The van der Waals surface area contributed by atoms with Crippen molar-refractivity contribution < 1.29 is 4.79 Å². The second-order valence-corrected chi connectivity index (χ2v) is 6.04. The van der Waals surface area contributed by atoms with Crippen molar-refractivity contribution in [3.63, 3.8) is 0 Å². The number of thiazole rings is 1. The minimum absolute atomic E-state index is 0.117. The van der Waals surface area contributed by atoms with Crippen LogP contribution in [0.4, 0.5) is 5.13 Å². The zero-order valence-corrected chi connectivity index (χ0v) is 12.6. The van der Waals surface area contributed by atoms with Crippen LogP contribution in [0.3, 0.4) is 0 Å². The number of fused-ring (bicyclic) bond motifs is 1. The van der Waals surface area contributed by atoms with Crippen molar-refractivity contribution in [1.82, 2.24) is 9.88 Å². The van der Waals surface area contributed by atoms with Crippen molar-refractivity contribution >= 4 is 48.5 Å². The van der Waals surface area contributed by atoms with Gasteiger partial charge >= 0.3 is 0 Å². The molecule has 0 atom stereocenters. The molecule has 2 aromatic rings. The van der Waals surface area contributed by atoms with Crippen molar-refractivity contribution in [2.24, 2.45) is 0 Å². The molecular weight excluding hydrogens is 314 g/mol. The molecule has 0 aliphatic rings. The smallest absolute Gasteiger partial charge is 0.223 e. The van der Waals surface area contributed by atoms with E-state index in [2.05, 4.69) is 26.2 Å². The molecular formula is C12H14BrN3OS. The quantitative estimate of drug-likeness (QED) is 0.939. The molecule has 18 heavy (non-hydrogen) atoms. The molecule has 1 amide bonds. The summed E-state index contributed by atoms with van der Waals surface area (Å²) in [5.41, 5.74) is 0.977. The molecule has 0 unspecified atom stereocenters. The van der Waals surface area contributed by atoms with Crippen LogP contribution >= 0.6 is 27.3 Å². The van der Waals surface area contributed by atoms with E-state index in [9.17, 15) is 4.79 Å². The van der Waals surface area contributed by atoms with Gasteiger partial charge in [0.25, 0.3) is 0 Å². The molecule has 0 bridgehead atoms. The van der Waals surface area contributed by atoms with Crippen LogP contribution in [0.5, 0.6) is 0 Å². The molecule has 6 heteroatoms. The minimum atomic E-state index is 0.117. The maximum atomic E-state index is 11.4. The van der Waals surface area contributed by atoms with E-state index in [-0.39, 0.29) is 5.91 Å². The van der Waals surface area contributed by atoms with Crippen LogP contribution in [0.1, 0.15) is 6.42 Å². The highest BCUT2D eigenvalue weighted by molar-refractivity contribution is 9.10. The third-order valence-corrected chi connectivity index (χ3v) is 3.93. The summed E-state index contributed by atoms with van der Waals surface area (Å²) in [6.45, 7) is 0.609. The standard InChI is InChI=1S/C12H14BrN3OS/c1-16(2)11(17)5-6-14-12-15-9-4-3-8(13)7-10(9)18-12/h3-4,7H,5-6H2,1-2H3,(H,14,15). The average molecular weight is 328 g/mol. The number of hydrogen-bond acceptors (Lipinski definition) is 4. The van der Waals surface area contributed by atoms with E-state index < -0.39 is 0 Å². The molecule has 0 saturated carbocycles. The summed E-state index contributed by atoms with van der Waals surface area (Å²) >= 11 is 5.03. The molecule has 96 valence electrons. The maximum Gasteiger partial charge on any atom is 0.223 e. The fourth-order valence-electron chi connectivity index (χ4n) is 1.47. The van der Waals surface area contributed by atoms with Gasteiger partial charge in [0.15, 0.2) is 5.13 Å². The topological polar surface area (TPSA) is 45.2 Å². The van der Waals surface area contributed by atoms with Crippen LogP contribution in [-0.4, -0.2) is 36.4 Å². The Balaban J connectivity index is 1.98. The number of nitrogens with zero attached hydrogens (tertiary/aromatic N) is 2. The van der Waals surface area contributed by atoms with Crippen molar-refractivity contribution in [3.8, 4) is 0 Å². The molecule has 1 aromatic heterocycles. The highest BCUT2D eigenvalue weighted by Crippen LogP contribution is 2.28. The molecule has 0 fully saturated rings. The van der Waals surface area contributed by atoms with Gasteiger partial charge in [0.1, 0.15) is 0 Å². The highest BCUT2D eigenvalue weighted by Gasteiger charge is 2.06. The zero-order chi connectivity index (χ0) is 13.1. The number of aromatic nitrogens is 1. The van der Waals surface area contributed by atoms with E-state index in [1.165, 1.54) is 0 Å². The fourth-order valence-corrected chi connectivity index (χ4v) is 2.92. The lowest BCUT2D eigenvalue weighted by molar-refractivity contribution is -0.128. The van der Waals surface area contributed by atoms with E-state index in [1.54, 1.807) is 30.3 Å². The summed E-state index contributed by atoms with van der Waals surface area (Å²) in [6, 6.07) is 6.00. The molecule has 2 rings (SSSR count). The molecule has 0 aliphatic heterocycles. The Labute approximate surface area is 118 Å². The summed E-state index contributed by atoms with van der Waals surface area (Å²) in [4.78, 5) is 17.5. The van der Waals surface area contributed by atoms with Gasteiger partial charge in [-0.15, -0.1) is 0 Å². The zero-order valence-electron chi connectivity index (χ0n) is 10.2. The van der Waals surface area contributed by atoms with Crippen molar-refractivity contribution in [1.29, 1.82) is 0 Å². The van der Waals surface area contributed by atoms with E-state index in [1.807, 2.05) is 18.2 Å². The number of carbonyl (C=O) groups excluding carboxylic acids is 1. The molecule has 0 radical (unpaired) electrons. The van der Waals surface area contributed by atoms with E-state index in [0.29, 0.717) is 13.0 Å². The lowest BCUT2D eigenvalue weighted by Gasteiger charge is -2.09. The van der Waals surface area contributed by atoms with Crippen LogP contribution in [0.15, 0.2) is 22.7 Å². The van der Waals surface area contributed by atoms with Crippen LogP contribution < -0.4 is 5.32 Å². The van der Waals surface area contributed by atoms with E-state index in [4.69, 9.17) is 0 Å². The second-order valence-electron chi connectivity index (χ2n) is 4.10. The highest BCUT2D eigenvalue weighted by atomic mass is 79.9. The first kappa shape index (κ1) is 13.3. The minimum Gasteiger partial charge on any atom is -0.361 e. The number of rotatable bonds is 4. The van der Waals surface area contributed by atoms with Gasteiger partial charge in [-0.2, -0.15) is 0 Å². The Hall–Kier alpha value is -1.14.